The molecule has 0 aliphatic heterocycles. The van der Waals surface area contributed by atoms with Crippen LogP contribution in [0.25, 0.3) is 10.1 Å². The molecule has 1 heterocycles. The zero-order valence-electron chi connectivity index (χ0n) is 8.37. The number of hydrogen-bond acceptors (Lipinski definition) is 2. The number of carbonyl (C=O) groups is 1. The topological polar surface area (TPSA) is 37.3 Å². The van der Waals surface area contributed by atoms with Crippen LogP contribution in [0.3, 0.4) is 0 Å². The van der Waals surface area contributed by atoms with Gasteiger partial charge in [-0.1, -0.05) is 6.07 Å². The third-order valence-corrected chi connectivity index (χ3v) is 4.03. The van der Waals surface area contributed by atoms with Gasteiger partial charge >= 0.3 is 5.97 Å². The first-order valence-corrected chi connectivity index (χ1v) is 5.93. The van der Waals surface area contributed by atoms with E-state index in [9.17, 15) is 9.18 Å². The van der Waals surface area contributed by atoms with Crippen LogP contribution >= 0.6 is 11.3 Å². The van der Waals surface area contributed by atoms with Crippen LogP contribution in [-0.2, 0) is 0 Å². The van der Waals surface area contributed by atoms with Crippen LogP contribution in [0.5, 0.6) is 0 Å². The van der Waals surface area contributed by atoms with Crippen molar-refractivity contribution >= 4 is 27.4 Å². The summed E-state index contributed by atoms with van der Waals surface area (Å²) in [6.45, 7) is 0. The Morgan fingerprint density at radius 2 is 2.19 bits per heavy atom. The Hall–Kier alpha value is -1.42. The van der Waals surface area contributed by atoms with Gasteiger partial charge in [-0.05, 0) is 41.8 Å². The number of halogens is 1. The van der Waals surface area contributed by atoms with Crippen molar-refractivity contribution in [3.63, 3.8) is 0 Å². The second-order valence-electron chi connectivity index (χ2n) is 4.06. The molecule has 0 atom stereocenters. The van der Waals surface area contributed by atoms with Crippen LogP contribution in [0.1, 0.15) is 34.0 Å². The summed E-state index contributed by atoms with van der Waals surface area (Å²) in [6.07, 6.45) is 2.09. The monoisotopic (exact) mass is 236 g/mol. The average molecular weight is 236 g/mol. The highest BCUT2D eigenvalue weighted by Crippen LogP contribution is 2.47. The molecule has 0 unspecified atom stereocenters. The van der Waals surface area contributed by atoms with Crippen LogP contribution in [-0.4, -0.2) is 11.1 Å². The quantitative estimate of drug-likeness (QED) is 0.864. The van der Waals surface area contributed by atoms with Crippen LogP contribution in [0, 0.1) is 5.82 Å². The van der Waals surface area contributed by atoms with Crippen molar-refractivity contribution in [1.29, 1.82) is 0 Å². The predicted molar refractivity (Wildman–Crippen MR) is 60.7 cm³/mol. The molecule has 4 heteroatoms. The van der Waals surface area contributed by atoms with Crippen molar-refractivity contribution in [2.75, 3.05) is 0 Å². The zero-order chi connectivity index (χ0) is 11.3. The fraction of sp³-hybridized carbons (Fsp3) is 0.250. The minimum atomic E-state index is -0.900. The predicted octanol–water partition coefficient (Wildman–Crippen LogP) is 3.62. The fourth-order valence-corrected chi connectivity index (χ4v) is 3.18. The Bertz CT molecular complexity index is 584. The Morgan fingerprint density at radius 1 is 1.44 bits per heavy atom. The Balaban J connectivity index is 2.32. The van der Waals surface area contributed by atoms with E-state index in [4.69, 9.17) is 5.11 Å². The summed E-state index contributed by atoms with van der Waals surface area (Å²) in [4.78, 5) is 11.5. The Kier molecular flexibility index (Phi) is 2.01. The van der Waals surface area contributed by atoms with Gasteiger partial charge in [-0.25, -0.2) is 9.18 Å². The standard InChI is InChI=1S/C12H9FO2S/c13-7-3-4-8-9(5-7)16-11(12(14)15)10(8)6-1-2-6/h3-6H,1-2H2,(H,14,15). The molecule has 0 spiro atoms. The summed E-state index contributed by atoms with van der Waals surface area (Å²) in [5, 5.41) is 10.0. The normalized spacial score (nSPS) is 15.6. The highest BCUT2D eigenvalue weighted by Gasteiger charge is 2.31. The summed E-state index contributed by atoms with van der Waals surface area (Å²) in [5.41, 5.74) is 0.910. The van der Waals surface area contributed by atoms with E-state index in [-0.39, 0.29) is 5.82 Å². The van der Waals surface area contributed by atoms with E-state index in [1.165, 1.54) is 23.5 Å². The van der Waals surface area contributed by atoms with Crippen molar-refractivity contribution < 1.29 is 14.3 Å². The van der Waals surface area contributed by atoms with E-state index >= 15 is 0 Å². The van der Waals surface area contributed by atoms with E-state index in [0.717, 1.165) is 28.5 Å². The second kappa shape index (κ2) is 3.28. The molecular formula is C12H9FO2S. The summed E-state index contributed by atoms with van der Waals surface area (Å²) in [5.74, 6) is -0.846. The molecule has 1 aliphatic rings. The first-order valence-electron chi connectivity index (χ1n) is 5.12. The van der Waals surface area contributed by atoms with Gasteiger partial charge < -0.3 is 5.11 Å². The zero-order valence-corrected chi connectivity index (χ0v) is 9.18. The molecule has 2 aromatic rings. The highest BCUT2D eigenvalue weighted by atomic mass is 32.1. The first-order chi connectivity index (χ1) is 7.66. The molecule has 1 aromatic carbocycles. The molecule has 3 rings (SSSR count). The molecule has 0 bridgehead atoms. The lowest BCUT2D eigenvalue weighted by atomic mass is 10.1. The van der Waals surface area contributed by atoms with Gasteiger partial charge in [-0.2, -0.15) is 0 Å². The lowest BCUT2D eigenvalue weighted by molar-refractivity contribution is 0.0701. The van der Waals surface area contributed by atoms with Gasteiger partial charge in [0.15, 0.2) is 0 Å². The number of rotatable bonds is 2. The van der Waals surface area contributed by atoms with E-state index in [1.54, 1.807) is 6.07 Å². The van der Waals surface area contributed by atoms with Gasteiger partial charge in [-0.3, -0.25) is 0 Å². The number of hydrogen-bond donors (Lipinski definition) is 1. The summed E-state index contributed by atoms with van der Waals surface area (Å²) in [6, 6.07) is 4.51. The molecule has 0 amide bonds. The van der Waals surface area contributed by atoms with Gasteiger partial charge in [0.1, 0.15) is 10.7 Å². The smallest absolute Gasteiger partial charge is 0.346 e. The van der Waals surface area contributed by atoms with Crippen LogP contribution in [0.15, 0.2) is 18.2 Å². The molecule has 1 aromatic heterocycles. The minimum absolute atomic E-state index is 0.312. The van der Waals surface area contributed by atoms with Gasteiger partial charge in [0.2, 0.25) is 0 Å². The molecule has 1 aliphatic carbocycles. The average Bonchev–Trinajstić information content (AvgIpc) is 2.99. The molecule has 2 nitrogen and oxygen atoms in total. The Morgan fingerprint density at radius 3 is 2.81 bits per heavy atom. The molecular weight excluding hydrogens is 227 g/mol. The molecule has 16 heavy (non-hydrogen) atoms. The maximum Gasteiger partial charge on any atom is 0.346 e. The maximum atomic E-state index is 13.1. The van der Waals surface area contributed by atoms with Crippen molar-refractivity contribution in [1.82, 2.24) is 0 Å². The van der Waals surface area contributed by atoms with Crippen LogP contribution < -0.4 is 0 Å². The summed E-state index contributed by atoms with van der Waals surface area (Å²) >= 11 is 1.17. The first kappa shape index (κ1) is 9.78. The molecule has 1 N–H and O–H groups in total. The Labute approximate surface area is 95.3 Å². The van der Waals surface area contributed by atoms with Crippen LogP contribution in [0.2, 0.25) is 0 Å². The molecule has 82 valence electrons. The molecule has 1 saturated carbocycles. The van der Waals surface area contributed by atoms with Gasteiger partial charge in [-0.15, -0.1) is 11.3 Å². The van der Waals surface area contributed by atoms with E-state index in [0.29, 0.717) is 10.8 Å². The minimum Gasteiger partial charge on any atom is -0.477 e. The fourth-order valence-electron chi connectivity index (χ4n) is 2.03. The number of benzene rings is 1. The van der Waals surface area contributed by atoms with E-state index in [2.05, 4.69) is 0 Å². The SMILES string of the molecule is O=C(O)c1sc2cc(F)ccc2c1C1CC1. The number of carboxylic acids is 1. The molecule has 1 fully saturated rings. The van der Waals surface area contributed by atoms with Gasteiger partial charge in [0.25, 0.3) is 0 Å². The summed E-state index contributed by atoms with van der Waals surface area (Å²) in [7, 11) is 0. The highest BCUT2D eigenvalue weighted by molar-refractivity contribution is 7.21. The second-order valence-corrected chi connectivity index (χ2v) is 5.12. The third kappa shape index (κ3) is 1.41. The lowest BCUT2D eigenvalue weighted by Crippen LogP contribution is -1.96. The number of aromatic carboxylic acids is 1. The van der Waals surface area contributed by atoms with Gasteiger partial charge in [0.05, 0.1) is 0 Å². The number of carboxylic acid groups (broad SMARTS) is 1. The van der Waals surface area contributed by atoms with Gasteiger partial charge in [0, 0.05) is 4.70 Å². The number of thiophene rings is 1. The molecule has 0 saturated heterocycles. The van der Waals surface area contributed by atoms with Crippen LogP contribution in [0.4, 0.5) is 4.39 Å². The van der Waals surface area contributed by atoms with E-state index < -0.39 is 5.97 Å². The van der Waals surface area contributed by atoms with Crippen molar-refractivity contribution in [2.24, 2.45) is 0 Å². The van der Waals surface area contributed by atoms with E-state index in [1.807, 2.05) is 0 Å². The number of fused-ring (bicyclic) bond motifs is 1. The summed E-state index contributed by atoms with van der Waals surface area (Å²) < 4.78 is 13.8. The van der Waals surface area contributed by atoms with Crippen molar-refractivity contribution in [3.05, 3.63) is 34.5 Å². The lowest BCUT2D eigenvalue weighted by Gasteiger charge is -1.97. The maximum absolute atomic E-state index is 13.1. The third-order valence-electron chi connectivity index (χ3n) is 2.87. The largest absolute Gasteiger partial charge is 0.477 e. The molecule has 0 radical (unpaired) electrons. The van der Waals surface area contributed by atoms with Crippen molar-refractivity contribution in [3.8, 4) is 0 Å². The van der Waals surface area contributed by atoms with Crippen molar-refractivity contribution in [2.45, 2.75) is 18.8 Å².